The summed E-state index contributed by atoms with van der Waals surface area (Å²) in [6, 6.07) is 15.1. The first-order chi connectivity index (χ1) is 28.8. The largest absolute Gasteiger partial charge is 0.397 e. The summed E-state index contributed by atoms with van der Waals surface area (Å²) < 4.78 is 166. The van der Waals surface area contributed by atoms with E-state index in [-0.39, 0.29) is 28.5 Å². The second kappa shape index (κ2) is 17.0. The van der Waals surface area contributed by atoms with Crippen LogP contribution in [0.4, 0.5) is 29.0 Å². The van der Waals surface area contributed by atoms with Crippen LogP contribution in [0, 0.1) is 0 Å². The van der Waals surface area contributed by atoms with Gasteiger partial charge in [0.05, 0.1) is 39.1 Å². The number of ketones is 1. The summed E-state index contributed by atoms with van der Waals surface area (Å²) in [6.07, 6.45) is 0.636. The Balaban J connectivity index is 1.44. The fourth-order valence-electron chi connectivity index (χ4n) is 6.01. The standard InChI is InChI=1S/C33H28ClN7O16S5/c1-2-41(20-7-5-8-21(16-20)58(43,44)13-12-57-62(54,55)56)33-37-31(34)36-32(38-33)35-25-17-22(59(45,46)47)14-19-15-26(60(48,49)50)28(29(42)27(19)25)40-39-24-11-10-18-6-3-4-9-23(18)30(24)61(51,52)53/h3-11,14-17,39H,2,12-13H2,1H3,(H,45,46,47)(H,48,49,50)(H,51,52,53)(H,54,55,56)(H,35,36,37,38)/b40-28+. The van der Waals surface area contributed by atoms with Gasteiger partial charge < -0.3 is 10.2 Å². The van der Waals surface area contributed by atoms with E-state index in [2.05, 4.69) is 35.0 Å². The van der Waals surface area contributed by atoms with Crippen molar-refractivity contribution < 1.29 is 69.3 Å². The lowest BCUT2D eigenvalue weighted by molar-refractivity contribution is 0.106. The highest BCUT2D eigenvalue weighted by atomic mass is 35.5. The number of Topliss-reactive ketones (excluding diaryl/α,β-unsaturated/α-hetero) is 1. The zero-order chi connectivity index (χ0) is 45.6. The molecule has 1 aliphatic carbocycles. The van der Waals surface area contributed by atoms with Gasteiger partial charge in [0.1, 0.15) is 9.80 Å². The predicted molar refractivity (Wildman–Crippen MR) is 222 cm³/mol. The molecule has 6 N–H and O–H groups in total. The van der Waals surface area contributed by atoms with Crippen LogP contribution in [0.25, 0.3) is 16.8 Å². The maximum Gasteiger partial charge on any atom is 0.397 e. The smallest absolute Gasteiger partial charge is 0.323 e. The summed E-state index contributed by atoms with van der Waals surface area (Å²) in [7, 11) is -24.6. The Morgan fingerprint density at radius 1 is 0.774 bits per heavy atom. The molecule has 1 aliphatic rings. The fraction of sp³-hybridized carbons (Fsp3) is 0.121. The van der Waals surface area contributed by atoms with Crippen molar-refractivity contribution in [1.82, 2.24) is 15.0 Å². The Morgan fingerprint density at radius 2 is 1.48 bits per heavy atom. The van der Waals surface area contributed by atoms with E-state index in [0.29, 0.717) is 17.5 Å². The molecule has 5 aromatic rings. The lowest BCUT2D eigenvalue weighted by Crippen LogP contribution is -2.28. The number of halogens is 1. The third-order valence-corrected chi connectivity index (χ3v) is 13.5. The van der Waals surface area contributed by atoms with Crippen LogP contribution in [0.2, 0.25) is 5.28 Å². The Hall–Kier alpha value is -5.53. The van der Waals surface area contributed by atoms with Gasteiger partial charge in [-0.25, -0.2) is 12.6 Å². The van der Waals surface area contributed by atoms with E-state index in [1.165, 1.54) is 53.4 Å². The number of anilines is 5. The van der Waals surface area contributed by atoms with Gasteiger partial charge in [0.15, 0.2) is 15.5 Å². The van der Waals surface area contributed by atoms with Crippen molar-refractivity contribution in [3.8, 4) is 0 Å². The summed E-state index contributed by atoms with van der Waals surface area (Å²) in [4.78, 5) is 24.8. The highest BCUT2D eigenvalue weighted by molar-refractivity contribution is 7.91. The summed E-state index contributed by atoms with van der Waals surface area (Å²) in [5.41, 5.74) is -0.714. The molecule has 0 bridgehead atoms. The van der Waals surface area contributed by atoms with Gasteiger partial charge >= 0.3 is 10.4 Å². The number of fused-ring (bicyclic) bond motifs is 2. The average molecular weight is 974 g/mol. The van der Waals surface area contributed by atoms with Crippen LogP contribution in [0.3, 0.4) is 0 Å². The van der Waals surface area contributed by atoms with Crippen LogP contribution < -0.4 is 15.6 Å². The van der Waals surface area contributed by atoms with E-state index < -0.39 is 123 Å². The van der Waals surface area contributed by atoms with E-state index in [0.717, 1.165) is 12.1 Å². The van der Waals surface area contributed by atoms with Crippen LogP contribution in [-0.4, -0.2) is 106 Å². The molecule has 1 aromatic heterocycles. The molecule has 1 heterocycles. The zero-order valence-corrected chi connectivity index (χ0v) is 35.8. The van der Waals surface area contributed by atoms with Crippen molar-refractivity contribution in [3.05, 3.63) is 94.1 Å². The lowest BCUT2D eigenvalue weighted by Gasteiger charge is -2.23. The third kappa shape index (κ3) is 10.2. The molecule has 23 nitrogen and oxygen atoms in total. The number of hydrazone groups is 1. The normalized spacial score (nSPS) is 14.4. The molecule has 0 radical (unpaired) electrons. The predicted octanol–water partition coefficient (Wildman–Crippen LogP) is 3.56. The van der Waals surface area contributed by atoms with Gasteiger partial charge in [0, 0.05) is 17.6 Å². The van der Waals surface area contributed by atoms with Crippen LogP contribution in [0.1, 0.15) is 22.8 Å². The topological polar surface area (TPSA) is 356 Å². The van der Waals surface area contributed by atoms with Gasteiger partial charge in [0.2, 0.25) is 23.0 Å². The number of nitrogens with zero attached hydrogens (tertiary/aromatic N) is 5. The number of hydrogen-bond donors (Lipinski definition) is 6. The van der Waals surface area contributed by atoms with Crippen molar-refractivity contribution in [1.29, 1.82) is 0 Å². The minimum Gasteiger partial charge on any atom is -0.323 e. The third-order valence-electron chi connectivity index (χ3n) is 8.58. The van der Waals surface area contributed by atoms with Crippen molar-refractivity contribution in [2.45, 2.75) is 21.6 Å². The van der Waals surface area contributed by atoms with E-state index in [9.17, 15) is 60.5 Å². The molecule has 0 saturated heterocycles. The molecule has 0 atom stereocenters. The molecule has 0 saturated carbocycles. The summed E-state index contributed by atoms with van der Waals surface area (Å²) in [5.74, 6) is -2.97. The molecule has 0 amide bonds. The molecule has 0 aliphatic heterocycles. The lowest BCUT2D eigenvalue weighted by atomic mass is 9.93. The highest BCUT2D eigenvalue weighted by Crippen LogP contribution is 2.36. The molecular weight excluding hydrogens is 946 g/mol. The first kappa shape index (κ1) is 46.0. The number of benzene rings is 4. The molecule has 328 valence electrons. The molecule has 29 heteroatoms. The van der Waals surface area contributed by atoms with Crippen molar-refractivity contribution in [2.75, 3.05) is 34.5 Å². The number of hydrogen-bond acceptors (Lipinski definition) is 19. The molecule has 0 fully saturated rings. The minimum absolute atomic E-state index is 0.00826. The first-order valence-electron chi connectivity index (χ1n) is 16.9. The molecule has 0 unspecified atom stereocenters. The number of aromatic nitrogens is 3. The first-order valence-corrected chi connectivity index (χ1v) is 24.6. The number of carbonyl (C=O) groups excluding carboxylic acids is 1. The van der Waals surface area contributed by atoms with Crippen LogP contribution in [0.15, 0.2) is 97.5 Å². The molecule has 62 heavy (non-hydrogen) atoms. The van der Waals surface area contributed by atoms with E-state index in [1.807, 2.05) is 0 Å². The number of nitrogens with one attached hydrogen (secondary N) is 2. The van der Waals surface area contributed by atoms with Crippen molar-refractivity contribution in [3.63, 3.8) is 0 Å². The maximum atomic E-state index is 14.3. The van der Waals surface area contributed by atoms with Gasteiger partial charge in [-0.2, -0.15) is 53.7 Å². The molecule has 0 spiro atoms. The SMILES string of the molecule is CCN(c1cccc(S(=O)(=O)CCOS(=O)(=O)O)c1)c1nc(Cl)nc(Nc2cc(S(=O)(=O)O)cc3c2C(=O)/C(=N/Nc2ccc4ccccc4c2S(=O)(=O)O)C(S(=O)(=O)O)=C3)n1. The maximum absolute atomic E-state index is 14.3. The number of allylic oxidation sites excluding steroid dienone is 1. The highest BCUT2D eigenvalue weighted by Gasteiger charge is 2.36. The summed E-state index contributed by atoms with van der Waals surface area (Å²) in [6.45, 7) is 0.720. The Kier molecular flexibility index (Phi) is 12.6. The Bertz CT molecular complexity index is 3330. The van der Waals surface area contributed by atoms with Crippen molar-refractivity contribution >= 4 is 119 Å². The van der Waals surface area contributed by atoms with Gasteiger partial charge in [0.25, 0.3) is 30.4 Å². The van der Waals surface area contributed by atoms with E-state index >= 15 is 0 Å². The number of sulfone groups is 1. The number of rotatable bonds is 15. The minimum atomic E-state index is -5.39. The van der Waals surface area contributed by atoms with Gasteiger partial charge in [-0.05, 0) is 71.9 Å². The van der Waals surface area contributed by atoms with Gasteiger partial charge in [-0.15, -0.1) is 0 Å². The number of carbonyl (C=O) groups is 1. The molecule has 6 rings (SSSR count). The fourth-order valence-corrected chi connectivity index (χ4v) is 9.74. The average Bonchev–Trinajstić information content (AvgIpc) is 3.15. The van der Waals surface area contributed by atoms with E-state index in [1.54, 1.807) is 13.0 Å². The Labute approximate surface area is 357 Å². The van der Waals surface area contributed by atoms with Gasteiger partial charge in [-0.1, -0.05) is 36.4 Å². The second-order valence-corrected chi connectivity index (χ2v) is 20.3. The van der Waals surface area contributed by atoms with E-state index in [4.69, 9.17) is 16.2 Å². The van der Waals surface area contributed by atoms with Crippen molar-refractivity contribution in [2.24, 2.45) is 5.10 Å². The second-order valence-electron chi connectivity index (χ2n) is 12.6. The monoisotopic (exact) mass is 973 g/mol. The van der Waals surface area contributed by atoms with Gasteiger partial charge in [-0.3, -0.25) is 28.4 Å². The summed E-state index contributed by atoms with van der Waals surface area (Å²) in [5, 5.41) is 6.24. The quantitative estimate of drug-likeness (QED) is 0.0645. The zero-order valence-electron chi connectivity index (χ0n) is 31.0. The Morgan fingerprint density at radius 3 is 2.13 bits per heavy atom. The molecular formula is C33H28ClN7O16S5. The van der Waals surface area contributed by atoms with Crippen LogP contribution in [0.5, 0.6) is 0 Å². The van der Waals surface area contributed by atoms with Crippen LogP contribution >= 0.6 is 11.6 Å². The summed E-state index contributed by atoms with van der Waals surface area (Å²) >= 11 is 6.25. The molecule has 4 aromatic carbocycles. The van der Waals surface area contributed by atoms with Crippen LogP contribution in [-0.2, 0) is 54.8 Å².